The van der Waals surface area contributed by atoms with Crippen molar-refractivity contribution in [1.29, 1.82) is 0 Å². The lowest BCUT2D eigenvalue weighted by Gasteiger charge is -2.22. The molecule has 0 unspecified atom stereocenters. The summed E-state index contributed by atoms with van der Waals surface area (Å²) < 4.78 is 0. The zero-order chi connectivity index (χ0) is 12.8. The SMILES string of the molecule is CN(C)C(=NCCc1ccc(O)cc1)N(C)C. The molecular weight excluding hydrogens is 214 g/mol. The van der Waals surface area contributed by atoms with Crippen molar-refractivity contribution in [2.75, 3.05) is 34.7 Å². The van der Waals surface area contributed by atoms with Gasteiger partial charge < -0.3 is 14.9 Å². The topological polar surface area (TPSA) is 39.1 Å². The summed E-state index contributed by atoms with van der Waals surface area (Å²) in [6, 6.07) is 7.27. The predicted octanol–water partition coefficient (Wildman–Crippen LogP) is 1.41. The van der Waals surface area contributed by atoms with Crippen LogP contribution < -0.4 is 0 Å². The molecule has 94 valence electrons. The van der Waals surface area contributed by atoms with Gasteiger partial charge in [0.05, 0.1) is 0 Å². The molecular formula is C13H21N3O. The zero-order valence-electron chi connectivity index (χ0n) is 11.0. The fourth-order valence-electron chi connectivity index (χ4n) is 1.63. The van der Waals surface area contributed by atoms with Crippen molar-refractivity contribution in [3.05, 3.63) is 29.8 Å². The van der Waals surface area contributed by atoms with Crippen LogP contribution in [-0.2, 0) is 6.42 Å². The fraction of sp³-hybridized carbons (Fsp3) is 0.462. The van der Waals surface area contributed by atoms with Crippen LogP contribution in [0.15, 0.2) is 29.3 Å². The minimum atomic E-state index is 0.305. The number of rotatable bonds is 3. The van der Waals surface area contributed by atoms with Crippen molar-refractivity contribution in [2.45, 2.75) is 6.42 Å². The van der Waals surface area contributed by atoms with Crippen molar-refractivity contribution >= 4 is 5.96 Å². The summed E-state index contributed by atoms with van der Waals surface area (Å²) >= 11 is 0. The second-order valence-electron chi connectivity index (χ2n) is 4.39. The highest BCUT2D eigenvalue weighted by Gasteiger charge is 2.03. The fourth-order valence-corrected chi connectivity index (χ4v) is 1.63. The highest BCUT2D eigenvalue weighted by molar-refractivity contribution is 5.79. The molecule has 4 nitrogen and oxygen atoms in total. The van der Waals surface area contributed by atoms with Gasteiger partial charge in [-0.2, -0.15) is 0 Å². The van der Waals surface area contributed by atoms with E-state index >= 15 is 0 Å². The van der Waals surface area contributed by atoms with E-state index in [2.05, 4.69) is 4.99 Å². The molecule has 1 N–H and O–H groups in total. The van der Waals surface area contributed by atoms with Gasteiger partial charge >= 0.3 is 0 Å². The summed E-state index contributed by atoms with van der Waals surface area (Å²) in [4.78, 5) is 8.54. The van der Waals surface area contributed by atoms with Gasteiger partial charge in [0.1, 0.15) is 5.75 Å². The summed E-state index contributed by atoms with van der Waals surface area (Å²) in [5.41, 5.74) is 1.18. The maximum absolute atomic E-state index is 9.17. The van der Waals surface area contributed by atoms with Crippen LogP contribution in [0.2, 0.25) is 0 Å². The van der Waals surface area contributed by atoms with Gasteiger partial charge in [-0.25, -0.2) is 0 Å². The second-order valence-corrected chi connectivity index (χ2v) is 4.39. The second kappa shape index (κ2) is 6.13. The molecule has 0 aliphatic carbocycles. The lowest BCUT2D eigenvalue weighted by molar-refractivity contribution is 0.475. The van der Waals surface area contributed by atoms with Crippen LogP contribution in [0.3, 0.4) is 0 Å². The molecule has 0 atom stereocenters. The molecule has 0 radical (unpaired) electrons. The Labute approximate surface area is 103 Å². The standard InChI is InChI=1S/C13H21N3O/c1-15(2)13(16(3)4)14-10-9-11-5-7-12(17)8-6-11/h5-8,17H,9-10H2,1-4H3. The number of benzene rings is 1. The van der Waals surface area contributed by atoms with E-state index in [0.29, 0.717) is 5.75 Å². The maximum atomic E-state index is 9.17. The minimum Gasteiger partial charge on any atom is -0.508 e. The first-order valence-corrected chi connectivity index (χ1v) is 5.67. The number of hydrogen-bond acceptors (Lipinski definition) is 2. The molecule has 0 spiro atoms. The lowest BCUT2D eigenvalue weighted by Crippen LogP contribution is -2.35. The monoisotopic (exact) mass is 235 g/mol. The summed E-state index contributed by atoms with van der Waals surface area (Å²) in [5.74, 6) is 1.27. The molecule has 0 fully saturated rings. The number of aromatic hydroxyl groups is 1. The van der Waals surface area contributed by atoms with E-state index in [0.717, 1.165) is 18.9 Å². The van der Waals surface area contributed by atoms with Gasteiger partial charge in [0.25, 0.3) is 0 Å². The average Bonchev–Trinajstić information content (AvgIpc) is 2.25. The Morgan fingerprint density at radius 3 is 2.06 bits per heavy atom. The van der Waals surface area contributed by atoms with Crippen LogP contribution in [0, 0.1) is 0 Å². The highest BCUT2D eigenvalue weighted by atomic mass is 16.3. The Morgan fingerprint density at radius 1 is 1.06 bits per heavy atom. The maximum Gasteiger partial charge on any atom is 0.195 e. The van der Waals surface area contributed by atoms with Crippen molar-refractivity contribution in [3.8, 4) is 5.75 Å². The normalized spacial score (nSPS) is 9.88. The molecule has 0 aliphatic rings. The average molecular weight is 235 g/mol. The minimum absolute atomic E-state index is 0.305. The van der Waals surface area contributed by atoms with Gasteiger partial charge in [0.2, 0.25) is 0 Å². The van der Waals surface area contributed by atoms with Gasteiger partial charge in [0, 0.05) is 34.7 Å². The van der Waals surface area contributed by atoms with E-state index in [9.17, 15) is 5.11 Å². The number of nitrogens with zero attached hydrogens (tertiary/aromatic N) is 3. The third-order valence-electron chi connectivity index (χ3n) is 2.39. The van der Waals surface area contributed by atoms with Gasteiger partial charge in [-0.3, -0.25) is 4.99 Å². The first kappa shape index (κ1) is 13.4. The molecule has 0 amide bonds. The highest BCUT2D eigenvalue weighted by Crippen LogP contribution is 2.10. The molecule has 17 heavy (non-hydrogen) atoms. The number of hydrogen-bond donors (Lipinski definition) is 1. The van der Waals surface area contributed by atoms with Crippen LogP contribution in [0.5, 0.6) is 5.75 Å². The van der Waals surface area contributed by atoms with Crippen LogP contribution in [-0.4, -0.2) is 55.6 Å². The van der Waals surface area contributed by atoms with E-state index in [1.165, 1.54) is 5.56 Å². The molecule has 1 aromatic rings. The third-order valence-corrected chi connectivity index (χ3v) is 2.39. The Bertz CT molecular complexity index is 359. The van der Waals surface area contributed by atoms with E-state index < -0.39 is 0 Å². The third kappa shape index (κ3) is 4.34. The Balaban J connectivity index is 2.55. The van der Waals surface area contributed by atoms with Crippen molar-refractivity contribution in [3.63, 3.8) is 0 Å². The molecule has 0 saturated heterocycles. The van der Waals surface area contributed by atoms with E-state index in [-0.39, 0.29) is 0 Å². The summed E-state index contributed by atoms with van der Waals surface area (Å²) in [6.07, 6.45) is 0.880. The van der Waals surface area contributed by atoms with E-state index in [1.807, 2.05) is 50.1 Å². The summed E-state index contributed by atoms with van der Waals surface area (Å²) in [5, 5.41) is 9.17. The molecule has 0 saturated carbocycles. The van der Waals surface area contributed by atoms with Crippen LogP contribution >= 0.6 is 0 Å². The number of phenolic OH excluding ortho intramolecular Hbond substituents is 1. The Kier molecular flexibility index (Phi) is 4.82. The first-order valence-electron chi connectivity index (χ1n) is 5.67. The lowest BCUT2D eigenvalue weighted by atomic mass is 10.1. The van der Waals surface area contributed by atoms with E-state index in [1.54, 1.807) is 12.1 Å². The number of guanidine groups is 1. The van der Waals surface area contributed by atoms with Gasteiger partial charge in [0.15, 0.2) is 5.96 Å². The van der Waals surface area contributed by atoms with Crippen molar-refractivity contribution in [1.82, 2.24) is 9.80 Å². The molecule has 1 aromatic carbocycles. The molecule has 0 aliphatic heterocycles. The summed E-state index contributed by atoms with van der Waals surface area (Å²) in [7, 11) is 7.94. The van der Waals surface area contributed by atoms with Gasteiger partial charge in [-0.1, -0.05) is 12.1 Å². The molecule has 0 heterocycles. The summed E-state index contributed by atoms with van der Waals surface area (Å²) in [6.45, 7) is 0.746. The molecule has 4 heteroatoms. The predicted molar refractivity (Wildman–Crippen MR) is 71.5 cm³/mol. The van der Waals surface area contributed by atoms with Gasteiger partial charge in [-0.15, -0.1) is 0 Å². The molecule has 0 aromatic heterocycles. The Hall–Kier alpha value is -1.71. The first-order chi connectivity index (χ1) is 8.00. The van der Waals surface area contributed by atoms with Crippen LogP contribution in [0.25, 0.3) is 0 Å². The van der Waals surface area contributed by atoms with Crippen LogP contribution in [0.4, 0.5) is 0 Å². The quantitative estimate of drug-likeness (QED) is 0.636. The Morgan fingerprint density at radius 2 is 1.59 bits per heavy atom. The largest absolute Gasteiger partial charge is 0.508 e. The number of phenols is 1. The smallest absolute Gasteiger partial charge is 0.195 e. The van der Waals surface area contributed by atoms with E-state index in [4.69, 9.17) is 0 Å². The zero-order valence-corrected chi connectivity index (χ0v) is 11.0. The van der Waals surface area contributed by atoms with Crippen molar-refractivity contribution < 1.29 is 5.11 Å². The van der Waals surface area contributed by atoms with Crippen LogP contribution in [0.1, 0.15) is 5.56 Å². The van der Waals surface area contributed by atoms with Gasteiger partial charge in [-0.05, 0) is 24.1 Å². The number of aliphatic imine (C=N–C) groups is 1. The molecule has 1 rings (SSSR count). The molecule has 0 bridgehead atoms. The van der Waals surface area contributed by atoms with Crippen molar-refractivity contribution in [2.24, 2.45) is 4.99 Å².